The molecule has 6 heteroatoms. The highest BCUT2D eigenvalue weighted by Crippen LogP contribution is 1.99. The number of hydrogen-bond acceptors (Lipinski definition) is 3. The zero-order valence-electron chi connectivity index (χ0n) is 7.91. The molecule has 0 aromatic carbocycles. The third-order valence-electron chi connectivity index (χ3n) is 2.04. The van der Waals surface area contributed by atoms with Gasteiger partial charge < -0.3 is 25.4 Å². The Kier molecular flexibility index (Phi) is 4.03. The summed E-state index contributed by atoms with van der Waals surface area (Å²) < 4.78 is 0. The number of hydrogen-bond donors (Lipinski definition) is 2. The number of rotatable bonds is 4. The van der Waals surface area contributed by atoms with Gasteiger partial charge in [-0.2, -0.15) is 0 Å². The average Bonchev–Trinajstić information content (AvgIpc) is 2.15. The second-order valence-corrected chi connectivity index (χ2v) is 3.14. The smallest absolute Gasteiger partial charge is 0.317 e. The first-order valence-electron chi connectivity index (χ1n) is 4.68. The van der Waals surface area contributed by atoms with E-state index in [1.165, 1.54) is 0 Å². The predicted octanol–water partition coefficient (Wildman–Crippen LogP) is -1.28. The summed E-state index contributed by atoms with van der Waals surface area (Å²) in [6.45, 7) is 2.38. The van der Waals surface area contributed by atoms with Crippen molar-refractivity contribution < 1.29 is 14.7 Å². The lowest BCUT2D eigenvalue weighted by molar-refractivity contribution is -0.250. The van der Waals surface area contributed by atoms with Crippen LogP contribution >= 0.6 is 0 Å². The van der Waals surface area contributed by atoms with Gasteiger partial charge in [-0.15, -0.1) is 0 Å². The molecule has 1 fully saturated rings. The van der Waals surface area contributed by atoms with Gasteiger partial charge in [0.2, 0.25) is 0 Å². The highest BCUT2D eigenvalue weighted by atomic mass is 16.4. The first-order chi connectivity index (χ1) is 6.70. The fourth-order valence-electron chi connectivity index (χ4n) is 1.35. The van der Waals surface area contributed by atoms with Crippen LogP contribution in [-0.2, 0) is 0 Å². The summed E-state index contributed by atoms with van der Waals surface area (Å²) in [6.07, 6.45) is 0.286. The molecule has 0 aliphatic carbocycles. The molecule has 0 saturated carbocycles. The van der Waals surface area contributed by atoms with E-state index in [-0.39, 0.29) is 6.03 Å². The molecule has 80 valence electrons. The lowest BCUT2D eigenvalue weighted by Crippen LogP contribution is -2.47. The molecule has 2 N–H and O–H groups in total. The molecule has 0 aromatic heterocycles. The van der Waals surface area contributed by atoms with Crippen LogP contribution in [0, 0.1) is 0 Å². The molecule has 0 unspecified atom stereocenters. The number of carbonyl (C=O) groups excluding carboxylic acids is 2. The highest BCUT2D eigenvalue weighted by Gasteiger charge is 2.15. The van der Waals surface area contributed by atoms with Gasteiger partial charge in [0, 0.05) is 26.2 Å². The SMILES string of the molecule is O=C([O-])NCCCN1CCCNC1=O. The van der Waals surface area contributed by atoms with E-state index in [0.29, 0.717) is 19.5 Å². The van der Waals surface area contributed by atoms with E-state index in [9.17, 15) is 14.7 Å². The van der Waals surface area contributed by atoms with Crippen molar-refractivity contribution in [2.75, 3.05) is 26.2 Å². The summed E-state index contributed by atoms with van der Waals surface area (Å²) in [5, 5.41) is 14.9. The van der Waals surface area contributed by atoms with E-state index in [0.717, 1.165) is 19.5 Å². The lowest BCUT2D eigenvalue weighted by Gasteiger charge is -2.27. The summed E-state index contributed by atoms with van der Waals surface area (Å²) in [6, 6.07) is -0.0651. The average molecular weight is 200 g/mol. The van der Waals surface area contributed by atoms with E-state index in [2.05, 4.69) is 10.6 Å². The summed E-state index contributed by atoms with van der Waals surface area (Å²) in [7, 11) is 0. The van der Waals surface area contributed by atoms with Gasteiger partial charge in [-0.05, 0) is 12.8 Å². The second-order valence-electron chi connectivity index (χ2n) is 3.14. The summed E-state index contributed by atoms with van der Waals surface area (Å²) in [5.41, 5.74) is 0. The van der Waals surface area contributed by atoms with Gasteiger partial charge in [0.05, 0.1) is 0 Å². The second kappa shape index (κ2) is 5.31. The third-order valence-corrected chi connectivity index (χ3v) is 2.04. The first kappa shape index (κ1) is 10.6. The first-order valence-corrected chi connectivity index (χ1v) is 4.68. The molecule has 0 atom stereocenters. The van der Waals surface area contributed by atoms with E-state index in [1.54, 1.807) is 4.90 Å². The standard InChI is InChI=1S/C8H15N3O3/c12-7-9-3-1-5-11(7)6-2-4-10-8(13)14/h10H,1-6H2,(H,9,12)(H,13,14)/p-1. The molecule has 0 radical (unpaired) electrons. The van der Waals surface area contributed by atoms with Crippen molar-refractivity contribution in [1.82, 2.24) is 15.5 Å². The molecule has 1 heterocycles. The summed E-state index contributed by atoms with van der Waals surface area (Å²) in [5.74, 6) is 0. The van der Waals surface area contributed by atoms with E-state index < -0.39 is 6.09 Å². The van der Waals surface area contributed by atoms with Crippen LogP contribution in [0.3, 0.4) is 0 Å². The van der Waals surface area contributed by atoms with Gasteiger partial charge >= 0.3 is 6.03 Å². The minimum absolute atomic E-state index is 0.0651. The lowest BCUT2D eigenvalue weighted by atomic mass is 10.3. The minimum atomic E-state index is -1.27. The molecule has 1 saturated heterocycles. The quantitative estimate of drug-likeness (QED) is 0.555. The third kappa shape index (κ3) is 3.51. The van der Waals surface area contributed by atoms with Crippen LogP contribution in [0.4, 0.5) is 9.59 Å². The zero-order valence-corrected chi connectivity index (χ0v) is 7.91. The Hall–Kier alpha value is -1.46. The summed E-state index contributed by atoms with van der Waals surface area (Å²) >= 11 is 0. The van der Waals surface area contributed by atoms with E-state index in [4.69, 9.17) is 0 Å². The highest BCUT2D eigenvalue weighted by molar-refractivity contribution is 5.74. The topological polar surface area (TPSA) is 84.5 Å². The van der Waals surface area contributed by atoms with Crippen molar-refractivity contribution in [2.45, 2.75) is 12.8 Å². The summed E-state index contributed by atoms with van der Waals surface area (Å²) in [4.78, 5) is 22.9. The van der Waals surface area contributed by atoms with Gasteiger partial charge in [0.1, 0.15) is 6.09 Å². The Morgan fingerprint density at radius 2 is 2.43 bits per heavy atom. The molecule has 1 aliphatic rings. The minimum Gasteiger partial charge on any atom is -0.530 e. The molecule has 3 amide bonds. The monoisotopic (exact) mass is 200 g/mol. The van der Waals surface area contributed by atoms with Crippen LogP contribution in [0.1, 0.15) is 12.8 Å². The largest absolute Gasteiger partial charge is 0.530 e. The molecule has 0 spiro atoms. The number of amides is 3. The molecule has 6 nitrogen and oxygen atoms in total. The molecule has 1 rings (SSSR count). The molecular weight excluding hydrogens is 186 g/mol. The Balaban J connectivity index is 2.10. The Morgan fingerprint density at radius 1 is 1.64 bits per heavy atom. The Bertz CT molecular complexity index is 220. The maximum absolute atomic E-state index is 11.2. The van der Waals surface area contributed by atoms with Crippen LogP contribution in [0.15, 0.2) is 0 Å². The van der Waals surface area contributed by atoms with Crippen molar-refractivity contribution in [3.63, 3.8) is 0 Å². The zero-order chi connectivity index (χ0) is 10.4. The number of nitrogens with zero attached hydrogens (tertiary/aromatic N) is 1. The fourth-order valence-corrected chi connectivity index (χ4v) is 1.35. The van der Waals surface area contributed by atoms with Crippen molar-refractivity contribution in [3.8, 4) is 0 Å². The van der Waals surface area contributed by atoms with Gasteiger partial charge in [-0.1, -0.05) is 0 Å². The molecule has 0 bridgehead atoms. The van der Waals surface area contributed by atoms with Gasteiger partial charge in [-0.3, -0.25) is 0 Å². The van der Waals surface area contributed by atoms with Gasteiger partial charge in [0.15, 0.2) is 0 Å². The molecule has 14 heavy (non-hydrogen) atoms. The fraction of sp³-hybridized carbons (Fsp3) is 0.750. The molecule has 1 aliphatic heterocycles. The van der Waals surface area contributed by atoms with Crippen molar-refractivity contribution >= 4 is 12.1 Å². The van der Waals surface area contributed by atoms with Crippen LogP contribution in [-0.4, -0.2) is 43.2 Å². The van der Waals surface area contributed by atoms with Crippen LogP contribution in [0.25, 0.3) is 0 Å². The predicted molar refractivity (Wildman–Crippen MR) is 47.6 cm³/mol. The van der Waals surface area contributed by atoms with Crippen LogP contribution < -0.4 is 15.7 Å². The van der Waals surface area contributed by atoms with Crippen LogP contribution in [0.5, 0.6) is 0 Å². The van der Waals surface area contributed by atoms with Crippen molar-refractivity contribution in [3.05, 3.63) is 0 Å². The van der Waals surface area contributed by atoms with Gasteiger partial charge in [0.25, 0.3) is 0 Å². The number of carbonyl (C=O) groups is 2. The number of carboxylic acid groups (broad SMARTS) is 1. The molecular formula is C8H14N3O3-. The maximum atomic E-state index is 11.2. The van der Waals surface area contributed by atoms with Crippen molar-refractivity contribution in [2.24, 2.45) is 0 Å². The van der Waals surface area contributed by atoms with Crippen molar-refractivity contribution in [1.29, 1.82) is 0 Å². The number of urea groups is 1. The van der Waals surface area contributed by atoms with E-state index in [1.807, 2.05) is 0 Å². The van der Waals surface area contributed by atoms with E-state index >= 15 is 0 Å². The van der Waals surface area contributed by atoms with Crippen LogP contribution in [0.2, 0.25) is 0 Å². The normalized spacial score (nSPS) is 16.3. The molecule has 0 aromatic rings. The maximum Gasteiger partial charge on any atom is 0.317 e. The van der Waals surface area contributed by atoms with Gasteiger partial charge in [-0.25, -0.2) is 4.79 Å². The Labute approximate surface area is 82.3 Å². The Morgan fingerprint density at radius 3 is 3.07 bits per heavy atom. The number of nitrogens with one attached hydrogen (secondary N) is 2.